The van der Waals surface area contributed by atoms with Gasteiger partial charge in [0.2, 0.25) is 0 Å². The van der Waals surface area contributed by atoms with E-state index >= 15 is 0 Å². The largest absolute Gasteiger partial charge is 0.481 e. The molecule has 1 aliphatic heterocycles. The molecule has 4 N–H and O–H groups in total. The van der Waals surface area contributed by atoms with Gasteiger partial charge in [-0.2, -0.15) is 4.98 Å². The molecule has 1 aliphatic carbocycles. The van der Waals surface area contributed by atoms with Crippen LogP contribution in [0.3, 0.4) is 0 Å². The van der Waals surface area contributed by atoms with Crippen LogP contribution in [0.5, 0.6) is 0 Å². The number of benzene rings is 1. The Morgan fingerprint density at radius 2 is 2.10 bits per heavy atom. The molecule has 9 heteroatoms. The molecular weight excluding hydrogens is 398 g/mol. The number of aliphatic carboxylic acids is 1. The summed E-state index contributed by atoms with van der Waals surface area (Å²) >= 11 is 0. The standard InChI is InChI=1S/C22H27N5O4/c1-12-7-16-18(8-13(12)2)27(21-20(24-16)17(11-28)25-22(31)26-21)6-5-23-15-4-3-14(9-15)10-19(29)30/h7-8,11,14-15,23-24H,3-6,9-10H2,1-2H3,(H,29,30)(H,25,26,31)/t14-,15+/m1/s1. The van der Waals surface area contributed by atoms with Crippen LogP contribution in [-0.4, -0.2) is 46.5 Å². The number of rotatable bonds is 7. The fourth-order valence-corrected chi connectivity index (χ4v) is 4.56. The van der Waals surface area contributed by atoms with Crippen molar-refractivity contribution in [1.82, 2.24) is 15.3 Å². The van der Waals surface area contributed by atoms with Crippen molar-refractivity contribution in [2.75, 3.05) is 23.3 Å². The minimum atomic E-state index is -0.743. The highest BCUT2D eigenvalue weighted by Crippen LogP contribution is 2.43. The summed E-state index contributed by atoms with van der Waals surface area (Å²) in [5.41, 5.74) is 4.09. The summed E-state index contributed by atoms with van der Waals surface area (Å²) in [7, 11) is 0. The van der Waals surface area contributed by atoms with E-state index in [1.807, 2.05) is 24.8 Å². The van der Waals surface area contributed by atoms with E-state index in [1.165, 1.54) is 0 Å². The SMILES string of the molecule is Cc1cc2c(cc1C)N(CCN[C@H]1CC[C@@H](CC(=O)O)C1)c1nc(=O)[nH]c(C=O)c1N2. The lowest BCUT2D eigenvalue weighted by Crippen LogP contribution is -2.37. The molecule has 0 radical (unpaired) electrons. The number of carbonyl (C=O) groups is 2. The molecule has 0 unspecified atom stereocenters. The summed E-state index contributed by atoms with van der Waals surface area (Å²) in [4.78, 5) is 43.2. The molecule has 164 valence electrons. The molecule has 1 saturated carbocycles. The Kier molecular flexibility index (Phi) is 5.77. The highest BCUT2D eigenvalue weighted by molar-refractivity contribution is 5.97. The maximum atomic E-state index is 12.1. The molecule has 0 saturated heterocycles. The summed E-state index contributed by atoms with van der Waals surface area (Å²) in [6.07, 6.45) is 3.57. The zero-order valence-corrected chi connectivity index (χ0v) is 17.7. The zero-order chi connectivity index (χ0) is 22.1. The number of carboxylic acid groups (broad SMARTS) is 1. The first-order valence-corrected chi connectivity index (χ1v) is 10.6. The van der Waals surface area contributed by atoms with E-state index in [0.29, 0.717) is 30.9 Å². The van der Waals surface area contributed by atoms with Crippen molar-refractivity contribution in [1.29, 1.82) is 0 Å². The van der Waals surface area contributed by atoms with Crippen LogP contribution in [0.25, 0.3) is 0 Å². The number of carboxylic acids is 1. The van der Waals surface area contributed by atoms with Gasteiger partial charge in [-0.05, 0) is 62.3 Å². The second kappa shape index (κ2) is 8.50. The molecule has 1 aromatic heterocycles. The Labute approximate surface area is 179 Å². The molecule has 9 nitrogen and oxygen atoms in total. The maximum Gasteiger partial charge on any atom is 0.347 e. The molecule has 2 aliphatic rings. The number of hydrogen-bond acceptors (Lipinski definition) is 7. The number of nitrogens with zero attached hydrogens (tertiary/aromatic N) is 2. The summed E-state index contributed by atoms with van der Waals surface area (Å²) in [6, 6.07) is 4.37. The average Bonchev–Trinajstić information content (AvgIpc) is 3.15. The lowest BCUT2D eigenvalue weighted by molar-refractivity contribution is -0.138. The van der Waals surface area contributed by atoms with Crippen molar-refractivity contribution in [3.05, 3.63) is 39.4 Å². The van der Waals surface area contributed by atoms with Gasteiger partial charge in [-0.3, -0.25) is 9.59 Å². The number of aromatic nitrogens is 2. The predicted molar refractivity (Wildman–Crippen MR) is 118 cm³/mol. The number of fused-ring (bicyclic) bond motifs is 2. The van der Waals surface area contributed by atoms with Gasteiger partial charge in [0.25, 0.3) is 0 Å². The topological polar surface area (TPSA) is 127 Å². The van der Waals surface area contributed by atoms with Gasteiger partial charge in [-0.25, -0.2) is 4.79 Å². The predicted octanol–water partition coefficient (Wildman–Crippen LogP) is 2.63. The van der Waals surface area contributed by atoms with Gasteiger partial charge in [-0.15, -0.1) is 0 Å². The number of carbonyl (C=O) groups excluding carboxylic acids is 1. The van der Waals surface area contributed by atoms with Crippen molar-refractivity contribution in [3.63, 3.8) is 0 Å². The van der Waals surface area contributed by atoms with Gasteiger partial charge >= 0.3 is 11.7 Å². The fourth-order valence-electron chi connectivity index (χ4n) is 4.56. The number of anilines is 4. The van der Waals surface area contributed by atoms with Gasteiger partial charge in [0.15, 0.2) is 12.1 Å². The average molecular weight is 425 g/mol. The highest BCUT2D eigenvalue weighted by atomic mass is 16.4. The molecule has 2 aromatic rings. The Balaban J connectivity index is 1.56. The number of aryl methyl sites for hydroxylation is 2. The molecule has 0 amide bonds. The van der Waals surface area contributed by atoms with Crippen LogP contribution >= 0.6 is 0 Å². The Morgan fingerprint density at radius 1 is 1.32 bits per heavy atom. The van der Waals surface area contributed by atoms with Gasteiger partial charge < -0.3 is 25.6 Å². The summed E-state index contributed by atoms with van der Waals surface area (Å²) in [6.45, 7) is 5.25. The summed E-state index contributed by atoms with van der Waals surface area (Å²) in [5.74, 6) is -0.0946. The van der Waals surface area contributed by atoms with E-state index in [-0.39, 0.29) is 24.1 Å². The van der Waals surface area contributed by atoms with Gasteiger partial charge in [-0.1, -0.05) is 0 Å². The normalized spacial score (nSPS) is 19.5. The van der Waals surface area contributed by atoms with Crippen molar-refractivity contribution in [2.24, 2.45) is 5.92 Å². The number of nitrogens with one attached hydrogen (secondary N) is 3. The van der Waals surface area contributed by atoms with Crippen molar-refractivity contribution >= 4 is 35.1 Å². The van der Waals surface area contributed by atoms with E-state index in [0.717, 1.165) is 41.8 Å². The summed E-state index contributed by atoms with van der Waals surface area (Å²) in [5, 5.41) is 15.8. The maximum absolute atomic E-state index is 12.1. The molecule has 2 heterocycles. The first-order chi connectivity index (χ1) is 14.9. The first kappa shape index (κ1) is 21.0. The number of aldehydes is 1. The molecular formula is C22H27N5O4. The Hall–Kier alpha value is -3.20. The van der Waals surface area contributed by atoms with Crippen molar-refractivity contribution in [3.8, 4) is 0 Å². The molecule has 31 heavy (non-hydrogen) atoms. The molecule has 1 aromatic carbocycles. The second-order valence-electron chi connectivity index (χ2n) is 8.43. The molecule has 1 fully saturated rings. The van der Waals surface area contributed by atoms with Crippen LogP contribution in [0.4, 0.5) is 22.9 Å². The second-order valence-corrected chi connectivity index (χ2v) is 8.43. The Morgan fingerprint density at radius 3 is 2.84 bits per heavy atom. The molecule has 2 atom stereocenters. The quantitative estimate of drug-likeness (QED) is 0.499. The first-order valence-electron chi connectivity index (χ1n) is 10.6. The third-order valence-corrected chi connectivity index (χ3v) is 6.25. The number of H-pyrrole nitrogens is 1. The van der Waals surface area contributed by atoms with E-state index in [1.54, 1.807) is 0 Å². The zero-order valence-electron chi connectivity index (χ0n) is 17.7. The van der Waals surface area contributed by atoms with Gasteiger partial charge in [0.05, 0.1) is 11.4 Å². The van der Waals surface area contributed by atoms with Crippen molar-refractivity contribution in [2.45, 2.75) is 45.6 Å². The number of aromatic amines is 1. The van der Waals surface area contributed by atoms with E-state index < -0.39 is 11.7 Å². The lowest BCUT2D eigenvalue weighted by atomic mass is 10.0. The van der Waals surface area contributed by atoms with Gasteiger partial charge in [0.1, 0.15) is 11.4 Å². The molecule has 4 rings (SSSR count). The summed E-state index contributed by atoms with van der Waals surface area (Å²) < 4.78 is 0. The van der Waals surface area contributed by atoms with Crippen LogP contribution in [0.1, 0.15) is 47.3 Å². The molecule has 0 spiro atoms. The van der Waals surface area contributed by atoms with E-state index in [9.17, 15) is 14.4 Å². The van der Waals surface area contributed by atoms with Crippen LogP contribution < -0.4 is 21.2 Å². The smallest absolute Gasteiger partial charge is 0.347 e. The highest BCUT2D eigenvalue weighted by Gasteiger charge is 2.29. The van der Waals surface area contributed by atoms with Crippen LogP contribution in [0, 0.1) is 19.8 Å². The Bertz CT molecular complexity index is 1080. The number of hydrogen-bond donors (Lipinski definition) is 4. The van der Waals surface area contributed by atoms with Crippen LogP contribution in [-0.2, 0) is 4.79 Å². The molecule has 0 bridgehead atoms. The van der Waals surface area contributed by atoms with E-state index in [2.05, 4.69) is 26.7 Å². The fraction of sp³-hybridized carbons (Fsp3) is 0.455. The minimum Gasteiger partial charge on any atom is -0.481 e. The van der Waals surface area contributed by atoms with Crippen LogP contribution in [0.2, 0.25) is 0 Å². The lowest BCUT2D eigenvalue weighted by Gasteiger charge is -2.34. The van der Waals surface area contributed by atoms with E-state index in [4.69, 9.17) is 5.11 Å². The minimum absolute atomic E-state index is 0.171. The third-order valence-electron chi connectivity index (χ3n) is 6.25. The van der Waals surface area contributed by atoms with Crippen molar-refractivity contribution < 1.29 is 14.7 Å². The van der Waals surface area contributed by atoms with Gasteiger partial charge in [0, 0.05) is 25.6 Å². The third kappa shape index (κ3) is 4.32. The monoisotopic (exact) mass is 425 g/mol. The van der Waals surface area contributed by atoms with Crippen LogP contribution in [0.15, 0.2) is 16.9 Å².